The molecular weight excluding hydrogens is 351 g/mol. The number of rotatable bonds is 4. The summed E-state index contributed by atoms with van der Waals surface area (Å²) < 4.78 is 39.6. The van der Waals surface area contributed by atoms with Gasteiger partial charge < -0.3 is 9.31 Å². The van der Waals surface area contributed by atoms with Gasteiger partial charge in [-0.3, -0.25) is 4.72 Å². The number of pyridine rings is 1. The van der Waals surface area contributed by atoms with Crippen LogP contribution in [0.25, 0.3) is 0 Å². The quantitative estimate of drug-likeness (QED) is 0.832. The number of hydrogen-bond donors (Lipinski definition) is 1. The second-order valence-corrected chi connectivity index (χ2v) is 9.16. The van der Waals surface area contributed by atoms with Gasteiger partial charge >= 0.3 is 7.12 Å². The van der Waals surface area contributed by atoms with Crippen molar-refractivity contribution in [1.82, 2.24) is 4.98 Å². The molecule has 2 aromatic rings. The van der Waals surface area contributed by atoms with Crippen molar-refractivity contribution < 1.29 is 17.7 Å². The van der Waals surface area contributed by atoms with Crippen LogP contribution < -0.4 is 10.2 Å². The molecule has 1 aliphatic heterocycles. The Balaban J connectivity index is 1.83. The van der Waals surface area contributed by atoms with Crippen LogP contribution in [0.4, 0.5) is 5.82 Å². The molecule has 1 aromatic heterocycles. The molecule has 1 N–H and O–H groups in total. The van der Waals surface area contributed by atoms with Crippen LogP contribution in [0.15, 0.2) is 47.5 Å². The van der Waals surface area contributed by atoms with Gasteiger partial charge in [-0.2, -0.15) is 0 Å². The first-order chi connectivity index (χ1) is 12.0. The average molecular weight is 374 g/mol. The number of benzene rings is 1. The topological polar surface area (TPSA) is 77.5 Å². The number of sulfonamides is 1. The summed E-state index contributed by atoms with van der Waals surface area (Å²) in [4.78, 5) is 4.30. The third kappa shape index (κ3) is 3.63. The molecule has 0 spiro atoms. The predicted molar refractivity (Wildman–Crippen MR) is 102 cm³/mol. The molecule has 0 bridgehead atoms. The lowest BCUT2D eigenvalue weighted by Gasteiger charge is -2.32. The van der Waals surface area contributed by atoms with Crippen molar-refractivity contribution in [2.75, 3.05) is 4.72 Å². The fraction of sp³-hybridized carbons (Fsp3) is 0.389. The van der Waals surface area contributed by atoms with Crippen molar-refractivity contribution in [3.63, 3.8) is 0 Å². The molecule has 26 heavy (non-hydrogen) atoms. The maximum absolute atomic E-state index is 12.5. The highest BCUT2D eigenvalue weighted by Crippen LogP contribution is 2.36. The molecule has 0 unspecified atom stereocenters. The Morgan fingerprint density at radius 3 is 2.15 bits per heavy atom. The van der Waals surface area contributed by atoms with Crippen LogP contribution in [-0.2, 0) is 19.3 Å². The lowest BCUT2D eigenvalue weighted by molar-refractivity contribution is 0.00578. The van der Waals surface area contributed by atoms with Gasteiger partial charge in [-0.05, 0) is 64.3 Å². The summed E-state index contributed by atoms with van der Waals surface area (Å²) in [6.07, 6.45) is 1.54. The normalized spacial score (nSPS) is 18.7. The first-order valence-electron chi connectivity index (χ1n) is 8.41. The summed E-state index contributed by atoms with van der Waals surface area (Å²) in [6, 6.07) is 10.0. The van der Waals surface area contributed by atoms with E-state index >= 15 is 0 Å². The Morgan fingerprint density at radius 1 is 1.00 bits per heavy atom. The van der Waals surface area contributed by atoms with E-state index in [4.69, 9.17) is 9.31 Å². The van der Waals surface area contributed by atoms with E-state index in [0.29, 0.717) is 5.46 Å². The summed E-state index contributed by atoms with van der Waals surface area (Å²) >= 11 is 0. The van der Waals surface area contributed by atoms with Crippen molar-refractivity contribution in [3.8, 4) is 0 Å². The number of aryl methyl sites for hydroxylation is 1. The third-order valence-electron chi connectivity index (χ3n) is 4.88. The molecule has 0 radical (unpaired) electrons. The summed E-state index contributed by atoms with van der Waals surface area (Å²) in [6.45, 7) is 9.77. The van der Waals surface area contributed by atoms with Gasteiger partial charge in [0.2, 0.25) is 0 Å². The van der Waals surface area contributed by atoms with Crippen molar-refractivity contribution in [2.45, 2.75) is 50.7 Å². The molecule has 6 nitrogen and oxygen atoms in total. The Morgan fingerprint density at radius 2 is 1.58 bits per heavy atom. The Bertz CT molecular complexity index is 895. The molecule has 138 valence electrons. The van der Waals surface area contributed by atoms with Crippen LogP contribution in [-0.4, -0.2) is 31.7 Å². The van der Waals surface area contributed by atoms with E-state index in [1.165, 1.54) is 6.20 Å². The molecule has 1 aromatic carbocycles. The molecule has 1 fully saturated rings. The van der Waals surface area contributed by atoms with Crippen molar-refractivity contribution >= 4 is 28.4 Å². The van der Waals surface area contributed by atoms with Crippen molar-refractivity contribution in [1.29, 1.82) is 0 Å². The minimum atomic E-state index is -3.71. The summed E-state index contributed by atoms with van der Waals surface area (Å²) in [5.41, 5.74) is 0.760. The van der Waals surface area contributed by atoms with Crippen LogP contribution >= 0.6 is 0 Å². The zero-order valence-corrected chi connectivity index (χ0v) is 16.4. The molecule has 0 atom stereocenters. The highest BCUT2D eigenvalue weighted by atomic mass is 32.2. The summed E-state index contributed by atoms with van der Waals surface area (Å²) in [5, 5.41) is 0. The highest BCUT2D eigenvalue weighted by molar-refractivity contribution is 7.92. The fourth-order valence-electron chi connectivity index (χ4n) is 2.54. The number of aromatic nitrogens is 1. The molecule has 8 heteroatoms. The second-order valence-electron chi connectivity index (χ2n) is 7.48. The largest absolute Gasteiger partial charge is 0.495 e. The first kappa shape index (κ1) is 18.9. The van der Waals surface area contributed by atoms with E-state index < -0.39 is 28.3 Å². The minimum Gasteiger partial charge on any atom is -0.399 e. The zero-order valence-electron chi connectivity index (χ0n) is 15.6. The molecule has 0 aliphatic carbocycles. The third-order valence-corrected chi connectivity index (χ3v) is 6.25. The minimum absolute atomic E-state index is 0.186. The van der Waals surface area contributed by atoms with E-state index in [9.17, 15) is 8.42 Å². The van der Waals surface area contributed by atoms with E-state index in [1.54, 1.807) is 36.4 Å². The van der Waals surface area contributed by atoms with E-state index in [2.05, 4.69) is 9.71 Å². The number of anilines is 1. The van der Waals surface area contributed by atoms with Crippen molar-refractivity contribution in [3.05, 3.63) is 48.2 Å². The van der Waals surface area contributed by atoms with Crippen LogP contribution in [0, 0.1) is 6.92 Å². The average Bonchev–Trinajstić information content (AvgIpc) is 2.76. The monoisotopic (exact) mass is 374 g/mol. The Kier molecular flexibility index (Phi) is 4.63. The van der Waals surface area contributed by atoms with Gasteiger partial charge in [0, 0.05) is 6.20 Å². The summed E-state index contributed by atoms with van der Waals surface area (Å²) in [7, 11) is -4.29. The number of nitrogens with zero attached hydrogens (tertiary/aromatic N) is 1. The molecule has 1 saturated heterocycles. The zero-order chi connectivity index (χ0) is 19.2. The fourth-order valence-corrected chi connectivity index (χ4v) is 3.54. The number of nitrogens with one attached hydrogen (secondary N) is 1. The van der Waals surface area contributed by atoms with Gasteiger partial charge in [0.1, 0.15) is 5.82 Å². The molecule has 0 amide bonds. The van der Waals surface area contributed by atoms with Gasteiger partial charge in [-0.15, -0.1) is 0 Å². The molecule has 1 aliphatic rings. The van der Waals surface area contributed by atoms with Gasteiger partial charge in [0.25, 0.3) is 10.0 Å². The maximum atomic E-state index is 12.5. The highest BCUT2D eigenvalue weighted by Gasteiger charge is 2.51. The second kappa shape index (κ2) is 6.37. The van der Waals surface area contributed by atoms with Gasteiger partial charge in [-0.25, -0.2) is 13.4 Å². The van der Waals surface area contributed by atoms with E-state index in [0.717, 1.165) is 5.56 Å². The van der Waals surface area contributed by atoms with Gasteiger partial charge in [0.15, 0.2) is 0 Å². The lowest BCUT2D eigenvalue weighted by atomic mass is 9.80. The molecule has 0 saturated carbocycles. The molecular formula is C18H23BN2O4S. The van der Waals surface area contributed by atoms with Crippen LogP contribution in [0.5, 0.6) is 0 Å². The first-order valence-corrected chi connectivity index (χ1v) is 9.90. The van der Waals surface area contributed by atoms with E-state index in [-0.39, 0.29) is 10.7 Å². The van der Waals surface area contributed by atoms with Crippen LogP contribution in [0.3, 0.4) is 0 Å². The van der Waals surface area contributed by atoms with Crippen LogP contribution in [0.2, 0.25) is 0 Å². The standard InChI is InChI=1S/C18H23BN2O4S/c1-13-6-8-15(9-7-13)26(22,23)21-16-12-14(10-11-20-16)19-24-17(2,3)18(4,5)25-19/h6-12H,1-5H3,(H,20,21). The Labute approximate surface area is 155 Å². The smallest absolute Gasteiger partial charge is 0.399 e. The predicted octanol–water partition coefficient (Wildman–Crippen LogP) is 2.49. The Hall–Kier alpha value is -1.90. The van der Waals surface area contributed by atoms with Crippen LogP contribution in [0.1, 0.15) is 33.3 Å². The summed E-state index contributed by atoms with van der Waals surface area (Å²) in [5.74, 6) is 0.220. The number of hydrogen-bond acceptors (Lipinski definition) is 5. The van der Waals surface area contributed by atoms with Gasteiger partial charge in [0.05, 0.1) is 16.1 Å². The lowest BCUT2D eigenvalue weighted by Crippen LogP contribution is -2.41. The van der Waals surface area contributed by atoms with E-state index in [1.807, 2.05) is 34.6 Å². The molecule has 2 heterocycles. The maximum Gasteiger partial charge on any atom is 0.495 e. The van der Waals surface area contributed by atoms with Crippen molar-refractivity contribution in [2.24, 2.45) is 0 Å². The van der Waals surface area contributed by atoms with Gasteiger partial charge in [-0.1, -0.05) is 17.7 Å². The SMILES string of the molecule is Cc1ccc(S(=O)(=O)Nc2cc(B3OC(C)(C)C(C)(C)O3)ccn2)cc1. The molecule has 3 rings (SSSR count).